The summed E-state index contributed by atoms with van der Waals surface area (Å²) in [5.74, 6) is 0.843. The van der Waals surface area contributed by atoms with Crippen molar-refractivity contribution in [2.75, 3.05) is 0 Å². The van der Waals surface area contributed by atoms with Crippen LogP contribution in [0.2, 0.25) is 0 Å². The molecule has 1 aliphatic heterocycles. The van der Waals surface area contributed by atoms with Gasteiger partial charge in [-0.3, -0.25) is 4.79 Å². The lowest BCUT2D eigenvalue weighted by atomic mass is 9.79. The molecule has 1 aliphatic carbocycles. The third-order valence-electron chi connectivity index (χ3n) is 4.99. The first kappa shape index (κ1) is 16.3. The van der Waals surface area contributed by atoms with Crippen molar-refractivity contribution in [3.8, 4) is 5.75 Å². The molecule has 1 heterocycles. The summed E-state index contributed by atoms with van der Waals surface area (Å²) in [5, 5.41) is 16.3. The zero-order valence-corrected chi connectivity index (χ0v) is 14.5. The number of carbonyl (C=O) groups is 1. The van der Waals surface area contributed by atoms with Gasteiger partial charge in [0.1, 0.15) is 5.75 Å². The van der Waals surface area contributed by atoms with Gasteiger partial charge in [0.25, 0.3) is 0 Å². The van der Waals surface area contributed by atoms with Crippen LogP contribution in [-0.2, 0) is 4.79 Å². The van der Waals surface area contributed by atoms with Crippen molar-refractivity contribution in [2.45, 2.75) is 70.0 Å². The molecule has 1 aromatic rings. The Kier molecular flexibility index (Phi) is 3.91. The SMILES string of the molecule is CC1(C)CC(NC(=O)C2CC2c2ccc(O)cc2)CC(C)(C)N1. The predicted molar refractivity (Wildman–Crippen MR) is 91.4 cm³/mol. The third kappa shape index (κ3) is 3.86. The number of amides is 1. The molecule has 1 aromatic carbocycles. The van der Waals surface area contributed by atoms with Crippen LogP contribution in [0.3, 0.4) is 0 Å². The van der Waals surface area contributed by atoms with E-state index in [1.54, 1.807) is 12.1 Å². The Labute approximate surface area is 138 Å². The molecule has 4 nitrogen and oxygen atoms in total. The highest BCUT2D eigenvalue weighted by Crippen LogP contribution is 2.48. The van der Waals surface area contributed by atoms with Gasteiger partial charge in [-0.1, -0.05) is 12.1 Å². The van der Waals surface area contributed by atoms with Crippen molar-refractivity contribution >= 4 is 5.91 Å². The number of nitrogens with one attached hydrogen (secondary N) is 2. The van der Waals surface area contributed by atoms with E-state index in [1.807, 2.05) is 12.1 Å². The monoisotopic (exact) mass is 316 g/mol. The second kappa shape index (κ2) is 5.52. The molecule has 3 N–H and O–H groups in total. The van der Waals surface area contributed by atoms with E-state index in [1.165, 1.54) is 0 Å². The van der Waals surface area contributed by atoms with Gasteiger partial charge in [-0.05, 0) is 70.6 Å². The van der Waals surface area contributed by atoms with Crippen LogP contribution in [0.1, 0.15) is 58.4 Å². The molecule has 2 aliphatic rings. The lowest BCUT2D eigenvalue weighted by molar-refractivity contribution is -0.123. The van der Waals surface area contributed by atoms with Crippen LogP contribution in [-0.4, -0.2) is 28.1 Å². The van der Waals surface area contributed by atoms with Gasteiger partial charge in [0.15, 0.2) is 0 Å². The number of phenolic OH excluding ortho intramolecular Hbond substituents is 1. The van der Waals surface area contributed by atoms with E-state index in [0.29, 0.717) is 5.92 Å². The maximum absolute atomic E-state index is 12.6. The van der Waals surface area contributed by atoms with Crippen LogP contribution in [0.4, 0.5) is 0 Å². The quantitative estimate of drug-likeness (QED) is 0.803. The van der Waals surface area contributed by atoms with E-state index >= 15 is 0 Å². The van der Waals surface area contributed by atoms with Crippen molar-refractivity contribution in [2.24, 2.45) is 5.92 Å². The van der Waals surface area contributed by atoms with Crippen molar-refractivity contribution in [1.29, 1.82) is 0 Å². The average molecular weight is 316 g/mol. The van der Waals surface area contributed by atoms with E-state index < -0.39 is 0 Å². The molecule has 4 heteroatoms. The molecule has 2 fully saturated rings. The molecular weight excluding hydrogens is 288 g/mol. The Morgan fingerprint density at radius 2 is 1.70 bits per heavy atom. The van der Waals surface area contributed by atoms with Crippen LogP contribution < -0.4 is 10.6 Å². The summed E-state index contributed by atoms with van der Waals surface area (Å²) in [7, 11) is 0. The summed E-state index contributed by atoms with van der Waals surface area (Å²) in [5.41, 5.74) is 1.23. The molecule has 1 amide bonds. The highest BCUT2D eigenvalue weighted by atomic mass is 16.3. The number of benzene rings is 1. The molecule has 126 valence electrons. The van der Waals surface area contributed by atoms with Gasteiger partial charge >= 0.3 is 0 Å². The maximum atomic E-state index is 12.6. The van der Waals surface area contributed by atoms with Crippen molar-refractivity contribution in [3.05, 3.63) is 29.8 Å². The molecular formula is C19H28N2O2. The van der Waals surface area contributed by atoms with Gasteiger partial charge in [0.2, 0.25) is 5.91 Å². The minimum absolute atomic E-state index is 0.0413. The van der Waals surface area contributed by atoms with Gasteiger partial charge in [-0.15, -0.1) is 0 Å². The molecule has 1 saturated carbocycles. The van der Waals surface area contributed by atoms with Crippen molar-refractivity contribution < 1.29 is 9.90 Å². The molecule has 2 unspecified atom stereocenters. The lowest BCUT2D eigenvalue weighted by Gasteiger charge is -2.46. The Morgan fingerprint density at radius 1 is 1.13 bits per heavy atom. The summed E-state index contributed by atoms with van der Waals surface area (Å²) >= 11 is 0. The van der Waals surface area contributed by atoms with E-state index in [4.69, 9.17) is 0 Å². The zero-order valence-electron chi connectivity index (χ0n) is 14.5. The average Bonchev–Trinajstić information content (AvgIpc) is 3.15. The third-order valence-corrected chi connectivity index (χ3v) is 4.99. The highest BCUT2D eigenvalue weighted by molar-refractivity contribution is 5.83. The van der Waals surface area contributed by atoms with E-state index in [9.17, 15) is 9.90 Å². The number of piperidine rings is 1. The van der Waals surface area contributed by atoms with E-state index in [0.717, 1.165) is 24.8 Å². The van der Waals surface area contributed by atoms with Crippen LogP contribution in [0, 0.1) is 5.92 Å². The molecule has 23 heavy (non-hydrogen) atoms. The smallest absolute Gasteiger partial charge is 0.223 e. The Hall–Kier alpha value is -1.55. The summed E-state index contributed by atoms with van der Waals surface area (Å²) in [6.07, 6.45) is 2.83. The minimum atomic E-state index is 0.0413. The fourth-order valence-corrected chi connectivity index (χ4v) is 4.31. The van der Waals surface area contributed by atoms with Gasteiger partial charge in [0.05, 0.1) is 0 Å². The summed E-state index contributed by atoms with van der Waals surface area (Å²) in [4.78, 5) is 12.6. The summed E-state index contributed by atoms with van der Waals surface area (Å²) < 4.78 is 0. The molecule has 3 rings (SSSR count). The first-order chi connectivity index (χ1) is 10.7. The largest absolute Gasteiger partial charge is 0.508 e. The summed E-state index contributed by atoms with van der Waals surface area (Å²) in [6, 6.07) is 7.46. The van der Waals surface area contributed by atoms with Gasteiger partial charge in [-0.2, -0.15) is 0 Å². The predicted octanol–water partition coefficient (Wildman–Crippen LogP) is 2.92. The first-order valence-corrected chi connectivity index (χ1v) is 8.54. The van der Waals surface area contributed by atoms with Gasteiger partial charge in [-0.25, -0.2) is 0 Å². The zero-order chi connectivity index (χ0) is 16.8. The van der Waals surface area contributed by atoms with Gasteiger partial charge in [0, 0.05) is 23.0 Å². The van der Waals surface area contributed by atoms with E-state index in [2.05, 4.69) is 38.3 Å². The lowest BCUT2D eigenvalue weighted by Crippen LogP contribution is -2.62. The molecule has 0 spiro atoms. The number of hydrogen-bond donors (Lipinski definition) is 3. The number of hydrogen-bond acceptors (Lipinski definition) is 3. The topological polar surface area (TPSA) is 61.4 Å². The highest BCUT2D eigenvalue weighted by Gasteiger charge is 2.45. The normalized spacial score (nSPS) is 29.0. The van der Waals surface area contributed by atoms with Crippen LogP contribution >= 0.6 is 0 Å². The number of rotatable bonds is 3. The molecule has 2 atom stereocenters. The number of carbonyl (C=O) groups excluding carboxylic acids is 1. The second-order valence-electron chi connectivity index (χ2n) is 8.55. The molecule has 0 aromatic heterocycles. The molecule has 0 bridgehead atoms. The van der Waals surface area contributed by atoms with Crippen LogP contribution in [0.15, 0.2) is 24.3 Å². The first-order valence-electron chi connectivity index (χ1n) is 8.54. The Bertz CT molecular complexity index is 576. The Balaban J connectivity index is 1.59. The fourth-order valence-electron chi connectivity index (χ4n) is 4.31. The number of phenols is 1. The molecule has 0 radical (unpaired) electrons. The standard InChI is InChI=1S/C19H28N2O2/c1-18(2)10-13(11-19(3,4)21-18)20-17(23)16-9-15(16)12-5-7-14(22)8-6-12/h5-8,13,15-16,21-22H,9-11H2,1-4H3,(H,20,23). The Morgan fingerprint density at radius 3 is 2.26 bits per heavy atom. The van der Waals surface area contributed by atoms with Crippen molar-refractivity contribution in [3.63, 3.8) is 0 Å². The maximum Gasteiger partial charge on any atom is 0.223 e. The number of aromatic hydroxyl groups is 1. The molecule has 1 saturated heterocycles. The fraction of sp³-hybridized carbons (Fsp3) is 0.632. The minimum Gasteiger partial charge on any atom is -0.508 e. The summed E-state index contributed by atoms with van der Waals surface area (Å²) in [6.45, 7) is 8.79. The second-order valence-corrected chi connectivity index (χ2v) is 8.55. The van der Waals surface area contributed by atoms with Crippen molar-refractivity contribution in [1.82, 2.24) is 10.6 Å². The van der Waals surface area contributed by atoms with E-state index in [-0.39, 0.29) is 34.7 Å². The van der Waals surface area contributed by atoms with Crippen LogP contribution in [0.5, 0.6) is 5.75 Å². The van der Waals surface area contributed by atoms with Gasteiger partial charge < -0.3 is 15.7 Å². The van der Waals surface area contributed by atoms with Crippen LogP contribution in [0.25, 0.3) is 0 Å².